The number of aliphatic hydroxyl groups excluding tert-OH is 1. The topological polar surface area (TPSA) is 123 Å². The maximum atomic E-state index is 13.4. The van der Waals surface area contributed by atoms with Crippen LogP contribution in [0.15, 0.2) is 53.8 Å². The molecule has 11 heteroatoms. The molecule has 0 fully saturated rings. The molecule has 202 valence electrons. The number of aliphatic hydroxyl groups is 1. The standard InChI is InChI=1S/C28H30ClN7O3/c1-16-5-4-6-18(11-16)23(15-37)32-26(38)17(2)36-14-20-8-7-19(12-21(20)27(36)39)25-22(29)13-30-28(34-25)33-24-9-10-31-35(24)3/h4-8,10-13,17,23-24,37H,9,14-15H2,1-3H3,(H,32,38)(H,30,33,34)/t17-,23-,24?/m1/s1. The second-order valence-electron chi connectivity index (χ2n) is 9.80. The number of aryl methyl sites for hydroxylation is 1. The highest BCUT2D eigenvalue weighted by molar-refractivity contribution is 6.33. The first-order valence-corrected chi connectivity index (χ1v) is 13.1. The van der Waals surface area contributed by atoms with Crippen LogP contribution in [0.5, 0.6) is 0 Å². The molecule has 1 unspecified atom stereocenters. The highest BCUT2D eigenvalue weighted by Gasteiger charge is 2.35. The Morgan fingerprint density at radius 3 is 2.79 bits per heavy atom. The maximum absolute atomic E-state index is 13.4. The fourth-order valence-electron chi connectivity index (χ4n) is 4.79. The summed E-state index contributed by atoms with van der Waals surface area (Å²) in [6.07, 6.45) is 4.01. The number of hydrogen-bond acceptors (Lipinski definition) is 8. The molecule has 0 radical (unpaired) electrons. The molecule has 0 spiro atoms. The number of nitrogens with one attached hydrogen (secondary N) is 2. The number of rotatable bonds is 8. The van der Waals surface area contributed by atoms with Crippen LogP contribution in [0.2, 0.25) is 5.02 Å². The van der Waals surface area contributed by atoms with E-state index in [0.29, 0.717) is 34.3 Å². The summed E-state index contributed by atoms with van der Waals surface area (Å²) >= 11 is 6.45. The van der Waals surface area contributed by atoms with Gasteiger partial charge in [-0.15, -0.1) is 0 Å². The van der Waals surface area contributed by atoms with Crippen molar-refractivity contribution in [3.63, 3.8) is 0 Å². The number of fused-ring (bicyclic) bond motifs is 1. The molecule has 3 N–H and O–H groups in total. The van der Waals surface area contributed by atoms with Crippen LogP contribution in [0.1, 0.15) is 46.4 Å². The molecule has 0 bridgehead atoms. The third-order valence-electron chi connectivity index (χ3n) is 7.09. The Kier molecular flexibility index (Phi) is 7.49. The van der Waals surface area contributed by atoms with Crippen LogP contribution in [0.25, 0.3) is 11.3 Å². The first-order valence-electron chi connectivity index (χ1n) is 12.7. The van der Waals surface area contributed by atoms with E-state index >= 15 is 0 Å². The number of halogens is 1. The molecule has 39 heavy (non-hydrogen) atoms. The SMILES string of the molecule is Cc1cccc([C@@H](CO)NC(=O)[C@@H](C)N2Cc3ccc(-c4nc(NC5CC=NN5C)ncc4Cl)cc3C2=O)c1. The molecule has 3 aromatic rings. The lowest BCUT2D eigenvalue weighted by atomic mass is 10.0. The summed E-state index contributed by atoms with van der Waals surface area (Å²) in [6.45, 7) is 3.69. The number of benzene rings is 2. The molecule has 2 aliphatic rings. The van der Waals surface area contributed by atoms with Gasteiger partial charge in [-0.2, -0.15) is 5.10 Å². The van der Waals surface area contributed by atoms with Crippen LogP contribution in [-0.2, 0) is 11.3 Å². The van der Waals surface area contributed by atoms with E-state index in [1.165, 1.54) is 11.1 Å². The van der Waals surface area contributed by atoms with E-state index in [1.54, 1.807) is 18.0 Å². The van der Waals surface area contributed by atoms with Crippen LogP contribution in [0.3, 0.4) is 0 Å². The molecule has 2 aromatic carbocycles. The van der Waals surface area contributed by atoms with E-state index in [9.17, 15) is 14.7 Å². The lowest BCUT2D eigenvalue weighted by Gasteiger charge is -2.26. The van der Waals surface area contributed by atoms with Gasteiger partial charge < -0.3 is 20.6 Å². The highest BCUT2D eigenvalue weighted by atomic mass is 35.5. The Morgan fingerprint density at radius 1 is 1.26 bits per heavy atom. The van der Waals surface area contributed by atoms with E-state index in [2.05, 4.69) is 25.7 Å². The van der Waals surface area contributed by atoms with Gasteiger partial charge in [0.15, 0.2) is 0 Å². The Morgan fingerprint density at radius 2 is 2.08 bits per heavy atom. The summed E-state index contributed by atoms with van der Waals surface area (Å²) in [7, 11) is 1.86. The van der Waals surface area contributed by atoms with E-state index in [1.807, 2.05) is 56.6 Å². The van der Waals surface area contributed by atoms with E-state index in [0.717, 1.165) is 23.1 Å². The Balaban J connectivity index is 1.32. The van der Waals surface area contributed by atoms with Crippen molar-refractivity contribution in [1.82, 2.24) is 25.2 Å². The minimum absolute atomic E-state index is 0.0573. The molecular weight excluding hydrogens is 518 g/mol. The maximum Gasteiger partial charge on any atom is 0.255 e. The van der Waals surface area contributed by atoms with E-state index < -0.39 is 12.1 Å². The normalized spacial score (nSPS) is 17.8. The average Bonchev–Trinajstić information content (AvgIpc) is 3.49. The lowest BCUT2D eigenvalue weighted by molar-refractivity contribution is -0.126. The molecule has 2 amide bonds. The van der Waals surface area contributed by atoms with Gasteiger partial charge in [0, 0.05) is 37.4 Å². The number of hydrogen-bond donors (Lipinski definition) is 3. The summed E-state index contributed by atoms with van der Waals surface area (Å²) in [4.78, 5) is 36.9. The van der Waals surface area contributed by atoms with Gasteiger partial charge in [0.25, 0.3) is 5.91 Å². The quantitative estimate of drug-likeness (QED) is 0.395. The van der Waals surface area contributed by atoms with Gasteiger partial charge >= 0.3 is 0 Å². The molecule has 5 rings (SSSR count). The second-order valence-corrected chi connectivity index (χ2v) is 10.2. The van der Waals surface area contributed by atoms with Gasteiger partial charge in [-0.3, -0.25) is 14.6 Å². The Labute approximate surface area is 231 Å². The van der Waals surface area contributed by atoms with Crippen LogP contribution in [0, 0.1) is 6.92 Å². The molecule has 1 aromatic heterocycles. The van der Waals surface area contributed by atoms with Crippen molar-refractivity contribution in [2.24, 2.45) is 5.10 Å². The smallest absolute Gasteiger partial charge is 0.255 e. The van der Waals surface area contributed by atoms with Crippen molar-refractivity contribution >= 4 is 35.6 Å². The van der Waals surface area contributed by atoms with Crippen molar-refractivity contribution in [3.8, 4) is 11.3 Å². The Bertz CT molecular complexity index is 1450. The average molecular weight is 548 g/mol. The third-order valence-corrected chi connectivity index (χ3v) is 7.37. The molecule has 0 aliphatic carbocycles. The molecular formula is C28H30ClN7O3. The van der Waals surface area contributed by atoms with Gasteiger partial charge in [-0.05, 0) is 31.0 Å². The number of anilines is 1. The van der Waals surface area contributed by atoms with Gasteiger partial charge in [0.1, 0.15) is 12.2 Å². The van der Waals surface area contributed by atoms with Crippen LogP contribution >= 0.6 is 11.6 Å². The first-order chi connectivity index (χ1) is 18.7. The number of carbonyl (C=O) groups excluding carboxylic acids is 2. The van der Waals surface area contributed by atoms with Crippen LogP contribution < -0.4 is 10.6 Å². The highest BCUT2D eigenvalue weighted by Crippen LogP contribution is 2.32. The van der Waals surface area contributed by atoms with Gasteiger partial charge in [-0.25, -0.2) is 9.97 Å². The molecule has 10 nitrogen and oxygen atoms in total. The van der Waals surface area contributed by atoms with E-state index in [-0.39, 0.29) is 24.6 Å². The summed E-state index contributed by atoms with van der Waals surface area (Å²) in [5.41, 5.74) is 4.32. The van der Waals surface area contributed by atoms with Crippen molar-refractivity contribution in [2.45, 2.75) is 45.1 Å². The zero-order valence-electron chi connectivity index (χ0n) is 21.9. The molecule has 3 atom stereocenters. The first kappa shape index (κ1) is 26.6. The number of nitrogens with zero attached hydrogens (tertiary/aromatic N) is 5. The van der Waals surface area contributed by atoms with Crippen molar-refractivity contribution in [3.05, 3.63) is 75.9 Å². The minimum Gasteiger partial charge on any atom is -0.394 e. The molecule has 3 heterocycles. The lowest BCUT2D eigenvalue weighted by Crippen LogP contribution is -2.46. The fourth-order valence-corrected chi connectivity index (χ4v) is 4.99. The van der Waals surface area contributed by atoms with Gasteiger partial charge in [0.05, 0.1) is 29.6 Å². The van der Waals surface area contributed by atoms with Crippen LogP contribution in [-0.4, -0.2) is 68.9 Å². The fraction of sp³-hybridized carbons (Fsp3) is 0.321. The third kappa shape index (κ3) is 5.43. The zero-order valence-corrected chi connectivity index (χ0v) is 22.7. The molecule has 2 aliphatic heterocycles. The predicted molar refractivity (Wildman–Crippen MR) is 149 cm³/mol. The monoisotopic (exact) mass is 547 g/mol. The van der Waals surface area contributed by atoms with Crippen molar-refractivity contribution in [2.75, 3.05) is 19.0 Å². The summed E-state index contributed by atoms with van der Waals surface area (Å²) in [5, 5.41) is 22.4. The Hall–Kier alpha value is -4.02. The van der Waals surface area contributed by atoms with E-state index in [4.69, 9.17) is 11.6 Å². The zero-order chi connectivity index (χ0) is 27.7. The summed E-state index contributed by atoms with van der Waals surface area (Å²) in [6, 6.07) is 11.8. The van der Waals surface area contributed by atoms with Crippen LogP contribution in [0.4, 0.5) is 5.95 Å². The second kappa shape index (κ2) is 11.0. The largest absolute Gasteiger partial charge is 0.394 e. The van der Waals surface area contributed by atoms with Crippen molar-refractivity contribution in [1.29, 1.82) is 0 Å². The summed E-state index contributed by atoms with van der Waals surface area (Å²) in [5.74, 6) is -0.186. The van der Waals surface area contributed by atoms with Crippen molar-refractivity contribution < 1.29 is 14.7 Å². The predicted octanol–water partition coefficient (Wildman–Crippen LogP) is 3.36. The number of carbonyl (C=O) groups is 2. The van der Waals surface area contributed by atoms with Gasteiger partial charge in [0.2, 0.25) is 11.9 Å². The molecule has 0 saturated carbocycles. The number of amides is 2. The number of aromatic nitrogens is 2. The number of hydrazone groups is 1. The van der Waals surface area contributed by atoms with Gasteiger partial charge in [-0.1, -0.05) is 53.6 Å². The summed E-state index contributed by atoms with van der Waals surface area (Å²) < 4.78 is 0. The molecule has 0 saturated heterocycles. The minimum atomic E-state index is -0.740.